The second-order valence-electron chi connectivity index (χ2n) is 3.15. The molecule has 0 saturated heterocycles. The van der Waals surface area contributed by atoms with Crippen molar-refractivity contribution in [3.8, 4) is 0 Å². The van der Waals surface area contributed by atoms with E-state index < -0.39 is 0 Å². The molecule has 1 N–H and O–H groups in total. The van der Waals surface area contributed by atoms with E-state index in [1.54, 1.807) is 6.26 Å². The number of rotatable bonds is 6. The number of hydrogen-bond donors (Lipinski definition) is 1. The van der Waals surface area contributed by atoms with E-state index >= 15 is 0 Å². The molecule has 0 aromatic carbocycles. The minimum atomic E-state index is 0.279. The van der Waals surface area contributed by atoms with Gasteiger partial charge < -0.3 is 9.73 Å². The number of halogens is 1. The van der Waals surface area contributed by atoms with Crippen molar-refractivity contribution in [3.63, 3.8) is 0 Å². The van der Waals surface area contributed by atoms with Crippen LogP contribution < -0.4 is 5.32 Å². The molecule has 0 saturated carbocycles. The lowest BCUT2D eigenvalue weighted by molar-refractivity contribution is 0.429. The molecule has 2 nitrogen and oxygen atoms in total. The summed E-state index contributed by atoms with van der Waals surface area (Å²) in [6.45, 7) is 3.15. The molecule has 1 atom stereocenters. The molecule has 80 valence electrons. The minimum absolute atomic E-state index is 0.279. The highest BCUT2D eigenvalue weighted by Crippen LogP contribution is 2.23. The topological polar surface area (TPSA) is 25.2 Å². The van der Waals surface area contributed by atoms with Crippen LogP contribution in [-0.4, -0.2) is 18.6 Å². The van der Waals surface area contributed by atoms with Gasteiger partial charge in [0.1, 0.15) is 5.76 Å². The Morgan fingerprint density at radius 3 is 3.00 bits per heavy atom. The smallest absolute Gasteiger partial charge is 0.134 e. The maximum atomic E-state index is 5.37. The first-order chi connectivity index (χ1) is 6.75. The summed E-state index contributed by atoms with van der Waals surface area (Å²) in [5.41, 5.74) is 0. The van der Waals surface area contributed by atoms with Crippen LogP contribution in [0.15, 0.2) is 21.2 Å². The highest BCUT2D eigenvalue weighted by atomic mass is 79.9. The van der Waals surface area contributed by atoms with Crippen molar-refractivity contribution in [2.24, 2.45) is 0 Å². The molecule has 1 aromatic rings. The average molecular weight is 278 g/mol. The first-order valence-electron chi connectivity index (χ1n) is 4.71. The Kier molecular flexibility index (Phi) is 5.67. The molecule has 0 radical (unpaired) electrons. The van der Waals surface area contributed by atoms with E-state index in [-0.39, 0.29) is 6.04 Å². The lowest BCUT2D eigenvalue weighted by atomic mass is 10.2. The lowest BCUT2D eigenvalue weighted by Crippen LogP contribution is -2.20. The number of nitrogens with one attached hydrogen (secondary N) is 1. The number of thioether (sulfide) groups is 1. The molecule has 0 fully saturated rings. The van der Waals surface area contributed by atoms with Crippen LogP contribution in [0.5, 0.6) is 0 Å². The van der Waals surface area contributed by atoms with Gasteiger partial charge in [0.05, 0.1) is 16.8 Å². The third kappa shape index (κ3) is 3.67. The summed E-state index contributed by atoms with van der Waals surface area (Å²) in [4.78, 5) is 0. The minimum Gasteiger partial charge on any atom is -0.466 e. The van der Waals surface area contributed by atoms with Gasteiger partial charge >= 0.3 is 0 Å². The van der Waals surface area contributed by atoms with Crippen LogP contribution in [0.2, 0.25) is 0 Å². The van der Waals surface area contributed by atoms with Crippen molar-refractivity contribution >= 4 is 27.7 Å². The molecule has 0 bridgehead atoms. The number of hydrogen-bond acceptors (Lipinski definition) is 3. The van der Waals surface area contributed by atoms with Crippen molar-refractivity contribution in [2.75, 3.05) is 18.6 Å². The van der Waals surface area contributed by atoms with E-state index in [1.807, 2.05) is 17.8 Å². The summed E-state index contributed by atoms with van der Waals surface area (Å²) in [5.74, 6) is 2.19. The molecular formula is C10H16BrNOS. The normalized spacial score (nSPS) is 13.1. The van der Waals surface area contributed by atoms with Gasteiger partial charge in [-0.3, -0.25) is 0 Å². The predicted octanol–water partition coefficient (Wildman–Crippen LogP) is 3.45. The van der Waals surface area contributed by atoms with E-state index in [0.29, 0.717) is 0 Å². The van der Waals surface area contributed by atoms with Crippen molar-refractivity contribution in [1.29, 1.82) is 0 Å². The van der Waals surface area contributed by atoms with Gasteiger partial charge in [-0.25, -0.2) is 0 Å². The summed E-state index contributed by atoms with van der Waals surface area (Å²) in [6.07, 6.45) is 5.04. The van der Waals surface area contributed by atoms with Crippen LogP contribution in [0.4, 0.5) is 0 Å². The van der Waals surface area contributed by atoms with Crippen molar-refractivity contribution in [3.05, 3.63) is 22.6 Å². The maximum Gasteiger partial charge on any atom is 0.134 e. The quantitative estimate of drug-likeness (QED) is 0.807. The standard InChI is InChI=1S/C10H16BrNOS/c1-8(12-5-3-7-14-2)10-9(11)4-6-13-10/h4,6,8,12H,3,5,7H2,1-2H3. The van der Waals surface area contributed by atoms with Gasteiger partial charge in [-0.15, -0.1) is 0 Å². The van der Waals surface area contributed by atoms with E-state index in [2.05, 4.69) is 34.4 Å². The summed E-state index contributed by atoms with van der Waals surface area (Å²) in [6, 6.07) is 2.20. The van der Waals surface area contributed by atoms with Crippen LogP contribution in [-0.2, 0) is 0 Å². The summed E-state index contributed by atoms with van der Waals surface area (Å²) in [7, 11) is 0. The second-order valence-corrected chi connectivity index (χ2v) is 4.99. The van der Waals surface area contributed by atoms with Gasteiger partial charge in [-0.05, 0) is 53.9 Å². The molecule has 1 unspecified atom stereocenters. The van der Waals surface area contributed by atoms with Crippen LogP contribution in [0.25, 0.3) is 0 Å². The van der Waals surface area contributed by atoms with Gasteiger partial charge in [-0.1, -0.05) is 0 Å². The van der Waals surface area contributed by atoms with Crippen LogP contribution in [0.1, 0.15) is 25.1 Å². The van der Waals surface area contributed by atoms with Crippen LogP contribution in [0.3, 0.4) is 0 Å². The fourth-order valence-corrected chi connectivity index (χ4v) is 2.22. The molecule has 1 aromatic heterocycles. The van der Waals surface area contributed by atoms with Gasteiger partial charge in [0.15, 0.2) is 0 Å². The zero-order valence-electron chi connectivity index (χ0n) is 8.55. The second kappa shape index (κ2) is 6.53. The van der Waals surface area contributed by atoms with E-state index in [1.165, 1.54) is 12.2 Å². The van der Waals surface area contributed by atoms with E-state index in [4.69, 9.17) is 4.42 Å². The molecule has 14 heavy (non-hydrogen) atoms. The van der Waals surface area contributed by atoms with Crippen molar-refractivity contribution in [1.82, 2.24) is 5.32 Å². The Balaban J connectivity index is 2.28. The van der Waals surface area contributed by atoms with Gasteiger partial charge in [-0.2, -0.15) is 11.8 Å². The Bertz CT molecular complexity index is 264. The zero-order valence-corrected chi connectivity index (χ0v) is 11.0. The molecule has 4 heteroatoms. The van der Waals surface area contributed by atoms with E-state index in [0.717, 1.165) is 16.8 Å². The van der Waals surface area contributed by atoms with Gasteiger partial charge in [0, 0.05) is 0 Å². The highest BCUT2D eigenvalue weighted by Gasteiger charge is 2.11. The predicted molar refractivity (Wildman–Crippen MR) is 65.8 cm³/mol. The molecule has 1 rings (SSSR count). The lowest BCUT2D eigenvalue weighted by Gasteiger charge is -2.11. The Morgan fingerprint density at radius 2 is 2.43 bits per heavy atom. The van der Waals surface area contributed by atoms with Crippen LogP contribution in [0, 0.1) is 0 Å². The monoisotopic (exact) mass is 277 g/mol. The average Bonchev–Trinajstić information content (AvgIpc) is 2.59. The molecular weight excluding hydrogens is 262 g/mol. The largest absolute Gasteiger partial charge is 0.466 e. The fraction of sp³-hybridized carbons (Fsp3) is 0.600. The molecule has 0 aliphatic carbocycles. The maximum absolute atomic E-state index is 5.37. The third-order valence-electron chi connectivity index (χ3n) is 2.01. The van der Waals surface area contributed by atoms with Crippen molar-refractivity contribution in [2.45, 2.75) is 19.4 Å². The molecule has 0 spiro atoms. The Labute approximate surface area is 98.0 Å². The van der Waals surface area contributed by atoms with Crippen LogP contribution >= 0.6 is 27.7 Å². The van der Waals surface area contributed by atoms with E-state index in [9.17, 15) is 0 Å². The third-order valence-corrected chi connectivity index (χ3v) is 3.37. The van der Waals surface area contributed by atoms with Gasteiger partial charge in [0.2, 0.25) is 0 Å². The first kappa shape index (κ1) is 12.1. The van der Waals surface area contributed by atoms with Gasteiger partial charge in [0.25, 0.3) is 0 Å². The molecule has 0 amide bonds. The fourth-order valence-electron chi connectivity index (χ4n) is 1.24. The Morgan fingerprint density at radius 1 is 1.64 bits per heavy atom. The first-order valence-corrected chi connectivity index (χ1v) is 6.89. The zero-order chi connectivity index (χ0) is 10.4. The molecule has 0 aliphatic rings. The molecule has 1 heterocycles. The summed E-state index contributed by atoms with van der Waals surface area (Å²) in [5, 5.41) is 3.42. The Hall–Kier alpha value is 0.0700. The summed E-state index contributed by atoms with van der Waals surface area (Å²) < 4.78 is 6.41. The highest BCUT2D eigenvalue weighted by molar-refractivity contribution is 9.10. The summed E-state index contributed by atoms with van der Waals surface area (Å²) >= 11 is 5.33. The van der Waals surface area contributed by atoms with Crippen molar-refractivity contribution < 1.29 is 4.42 Å². The SMILES string of the molecule is CSCCCNC(C)c1occc1Br. The number of furan rings is 1. The molecule has 0 aliphatic heterocycles.